The van der Waals surface area contributed by atoms with Gasteiger partial charge in [0.15, 0.2) is 37.6 Å². The van der Waals surface area contributed by atoms with Gasteiger partial charge in [-0.1, -0.05) is 0 Å². The molecule has 28 heteroatoms. The van der Waals surface area contributed by atoms with Crippen LogP contribution in [0.4, 0.5) is 0 Å². The molecular weight excluding hydrogens is 852 g/mol. The Morgan fingerprint density at radius 1 is 0.452 bits per heavy atom. The van der Waals surface area contributed by atoms with Gasteiger partial charge in [-0.3, -0.25) is 9.59 Å². The third-order valence-corrected chi connectivity index (χ3v) is 11.3. The second-order valence-corrected chi connectivity index (χ2v) is 15.6. The lowest BCUT2D eigenvalue weighted by atomic mass is 9.93. The number of aliphatic carboxylic acids is 1. The first-order valence-electron chi connectivity index (χ1n) is 19.5. The molecule has 6 aliphatic heterocycles. The molecule has 25 atom stereocenters. The summed E-state index contributed by atoms with van der Waals surface area (Å²) in [7, 11) is 0. The van der Waals surface area contributed by atoms with Gasteiger partial charge in [-0.25, -0.2) is 4.79 Å². The molecule has 8 bridgehead atoms. The number of carboxylic acids is 1. The highest BCUT2D eigenvalue weighted by Gasteiger charge is 2.59. The first-order valence-corrected chi connectivity index (χ1v) is 19.5. The Bertz CT molecular complexity index is 1530. The van der Waals surface area contributed by atoms with Crippen molar-refractivity contribution in [2.24, 2.45) is 0 Å². The van der Waals surface area contributed by atoms with Gasteiger partial charge in [0.2, 0.25) is 11.8 Å². The van der Waals surface area contributed by atoms with Gasteiger partial charge in [0.05, 0.1) is 26.4 Å². The van der Waals surface area contributed by atoms with E-state index in [0.29, 0.717) is 0 Å². The van der Waals surface area contributed by atoms with E-state index in [2.05, 4.69) is 10.6 Å². The molecule has 2 amide bonds. The number of carbonyl (C=O) groups excluding carboxylic acids is 2. The minimum Gasteiger partial charge on any atom is -0.479 e. The molecule has 356 valence electrons. The lowest BCUT2D eigenvalue weighted by molar-refractivity contribution is -0.393. The maximum atomic E-state index is 12.7. The second kappa shape index (κ2) is 20.4. The number of aliphatic hydroxyl groups excluding tert-OH is 12. The molecule has 6 saturated heterocycles. The predicted molar refractivity (Wildman–Crippen MR) is 187 cm³/mol. The summed E-state index contributed by atoms with van der Waals surface area (Å²) >= 11 is 0. The number of hydrogen-bond acceptors (Lipinski definition) is 25. The first-order chi connectivity index (χ1) is 29.3. The Labute approximate surface area is 350 Å². The lowest BCUT2D eigenvalue weighted by Crippen LogP contribution is -2.72. The molecule has 0 saturated carbocycles. The first kappa shape index (κ1) is 49.0. The summed E-state index contributed by atoms with van der Waals surface area (Å²) in [6.07, 6.45) is -45.0. The van der Waals surface area contributed by atoms with E-state index in [-0.39, 0.29) is 0 Å². The summed E-state index contributed by atoms with van der Waals surface area (Å²) in [5, 5.41) is 145. The lowest BCUT2D eigenvalue weighted by Gasteiger charge is -2.52. The molecule has 6 fully saturated rings. The molecular formula is C34H54N2O26. The Kier molecular flexibility index (Phi) is 16.1. The summed E-state index contributed by atoms with van der Waals surface area (Å²) in [6.45, 7) is -1.55. The van der Waals surface area contributed by atoms with Crippen LogP contribution in [-0.4, -0.2) is 264 Å². The average Bonchev–Trinajstić information content (AvgIpc) is 3.22. The standard InChI is InChI=1S/C34H54N2O26/c1-7(40)35-13-24-16(43)10(4-38)55-31(13)60-27-21(48)28(29(51)52)62-34(23(27)50)61-26-18(45)12(6-53-32-20(47)19(46)15(42)9(3-37)56-32)57-33(22(26)49)59-25-14(36-8(2)41)30(58-24)54-11(5-39)17(25)44/h9-28,30-34,37-39,42-50H,3-6H2,1-2H3,(H,35,40)(H,36,41)(H,51,52)/t9-,10-,11-,12-,13+,14-,15+,16-,17-,18+,19+,20-,21+,22-,23-,24-,25-,26+,27+,28+,30+,31-,32-,33+,34-/m1/s1. The van der Waals surface area contributed by atoms with E-state index in [9.17, 15) is 80.8 Å². The smallest absolute Gasteiger partial charge is 0.335 e. The van der Waals surface area contributed by atoms with Crippen LogP contribution in [0.15, 0.2) is 0 Å². The van der Waals surface area contributed by atoms with E-state index in [1.807, 2.05) is 0 Å². The number of carbonyl (C=O) groups is 3. The highest BCUT2D eigenvalue weighted by atomic mass is 16.8. The van der Waals surface area contributed by atoms with Crippen LogP contribution in [-0.2, 0) is 61.8 Å². The molecule has 62 heavy (non-hydrogen) atoms. The second-order valence-electron chi connectivity index (χ2n) is 15.6. The van der Waals surface area contributed by atoms with Crippen LogP contribution < -0.4 is 10.6 Å². The SMILES string of the molecule is CC(=O)N[C@@H]1[C@H]2O[C@@H]3[C@@H](O)[C@H](O[C@H]4[C@@H](O)[C@@H](CO[C@@H]5O[C@H](CO)[C@H](O)[C@H](O)[C@H]5O)O[C@@H](O[C@H]5[C@H](O)[C@@H](CO)O[C@@H](O[C@H]1[C@H](O)[C@@H](CO)O2)[C@@H]5NC(C)=O)[C@@H]4O)O[C@H](C(=O)O)[C@H]3O. The van der Waals surface area contributed by atoms with Gasteiger partial charge in [0, 0.05) is 13.8 Å². The largest absolute Gasteiger partial charge is 0.479 e. The van der Waals surface area contributed by atoms with Gasteiger partial charge in [0.1, 0.15) is 116 Å². The van der Waals surface area contributed by atoms with Crippen molar-refractivity contribution in [2.75, 3.05) is 26.4 Å². The molecule has 15 N–H and O–H groups in total. The quantitative estimate of drug-likeness (QED) is 0.102. The molecule has 6 aliphatic rings. The Morgan fingerprint density at radius 2 is 0.855 bits per heavy atom. The van der Waals surface area contributed by atoms with E-state index in [4.69, 9.17) is 47.4 Å². The maximum Gasteiger partial charge on any atom is 0.335 e. The molecule has 0 aliphatic carbocycles. The third-order valence-electron chi connectivity index (χ3n) is 11.3. The number of hydrogen-bond donors (Lipinski definition) is 15. The van der Waals surface area contributed by atoms with Gasteiger partial charge >= 0.3 is 5.97 Å². The van der Waals surface area contributed by atoms with Crippen molar-refractivity contribution < 1.29 is 128 Å². The van der Waals surface area contributed by atoms with E-state index in [1.165, 1.54) is 0 Å². The van der Waals surface area contributed by atoms with E-state index < -0.39 is 198 Å². The molecule has 0 aromatic rings. The number of rotatable bonds is 9. The van der Waals surface area contributed by atoms with Gasteiger partial charge in [-0.2, -0.15) is 0 Å². The van der Waals surface area contributed by atoms with Crippen molar-refractivity contribution in [1.82, 2.24) is 10.6 Å². The Hall–Kier alpha value is -2.47. The van der Waals surface area contributed by atoms with Gasteiger partial charge < -0.3 is 124 Å². The van der Waals surface area contributed by atoms with Gasteiger partial charge in [0.25, 0.3) is 0 Å². The number of aliphatic hydroxyl groups is 12. The summed E-state index contributed by atoms with van der Waals surface area (Å²) in [4.78, 5) is 37.7. The Morgan fingerprint density at radius 3 is 1.34 bits per heavy atom. The molecule has 0 unspecified atom stereocenters. The van der Waals surface area contributed by atoms with Crippen LogP contribution in [0.2, 0.25) is 0 Å². The molecule has 0 aromatic heterocycles. The van der Waals surface area contributed by atoms with Crippen LogP contribution >= 0.6 is 0 Å². The van der Waals surface area contributed by atoms with Crippen LogP contribution in [0.25, 0.3) is 0 Å². The molecule has 28 nitrogen and oxygen atoms in total. The fourth-order valence-corrected chi connectivity index (χ4v) is 8.11. The van der Waals surface area contributed by atoms with E-state index >= 15 is 0 Å². The van der Waals surface area contributed by atoms with Crippen molar-refractivity contribution in [2.45, 2.75) is 167 Å². The summed E-state index contributed by atoms with van der Waals surface area (Å²) < 4.78 is 57.8. The molecule has 0 spiro atoms. The van der Waals surface area contributed by atoms with Crippen LogP contribution in [0.5, 0.6) is 0 Å². The molecule has 6 heterocycles. The van der Waals surface area contributed by atoms with Crippen molar-refractivity contribution in [3.05, 3.63) is 0 Å². The zero-order valence-electron chi connectivity index (χ0n) is 32.9. The zero-order chi connectivity index (χ0) is 45.5. The maximum absolute atomic E-state index is 12.7. The van der Waals surface area contributed by atoms with Crippen LogP contribution in [0, 0.1) is 0 Å². The van der Waals surface area contributed by atoms with Crippen molar-refractivity contribution in [1.29, 1.82) is 0 Å². The molecule has 0 aromatic carbocycles. The summed E-state index contributed by atoms with van der Waals surface area (Å²) in [5.74, 6) is -3.46. The number of carboxylic acid groups (broad SMARTS) is 1. The van der Waals surface area contributed by atoms with Crippen molar-refractivity contribution >= 4 is 17.8 Å². The fourth-order valence-electron chi connectivity index (χ4n) is 8.11. The highest BCUT2D eigenvalue weighted by molar-refractivity contribution is 5.74. The highest BCUT2D eigenvalue weighted by Crippen LogP contribution is 2.37. The average molecular weight is 907 g/mol. The normalized spacial score (nSPS) is 49.9. The molecule has 0 radical (unpaired) electrons. The fraction of sp³-hybridized carbons (Fsp3) is 0.912. The minimum absolute atomic E-state index is 0.807. The zero-order valence-corrected chi connectivity index (χ0v) is 32.9. The number of amides is 2. The summed E-state index contributed by atoms with van der Waals surface area (Å²) in [5.41, 5.74) is 0. The predicted octanol–water partition coefficient (Wildman–Crippen LogP) is -10.5. The number of ether oxygens (including phenoxy) is 10. The number of nitrogens with one attached hydrogen (secondary N) is 2. The van der Waals surface area contributed by atoms with Gasteiger partial charge in [-0.05, 0) is 0 Å². The molecule has 6 rings (SSSR count). The Balaban J connectivity index is 1.44. The van der Waals surface area contributed by atoms with Crippen molar-refractivity contribution in [3.8, 4) is 0 Å². The van der Waals surface area contributed by atoms with E-state index in [1.54, 1.807) is 0 Å². The van der Waals surface area contributed by atoms with Gasteiger partial charge in [-0.15, -0.1) is 0 Å². The topological polar surface area (TPSA) is 431 Å². The van der Waals surface area contributed by atoms with Crippen molar-refractivity contribution in [3.63, 3.8) is 0 Å². The van der Waals surface area contributed by atoms with Crippen LogP contribution in [0.3, 0.4) is 0 Å². The monoisotopic (exact) mass is 906 g/mol. The number of fused-ring (bicyclic) bond motifs is 8. The third kappa shape index (κ3) is 9.86. The summed E-state index contributed by atoms with van der Waals surface area (Å²) in [6, 6.07) is -3.38. The van der Waals surface area contributed by atoms with Crippen LogP contribution in [0.1, 0.15) is 13.8 Å². The van der Waals surface area contributed by atoms with E-state index in [0.717, 1.165) is 13.8 Å². The minimum atomic E-state index is -2.29.